The van der Waals surface area contributed by atoms with Crippen LogP contribution in [0.3, 0.4) is 0 Å². The molecule has 0 aliphatic rings. The van der Waals surface area contributed by atoms with Gasteiger partial charge < -0.3 is 10.0 Å². The van der Waals surface area contributed by atoms with Gasteiger partial charge in [-0.3, -0.25) is 9.97 Å². The molecule has 2 heterocycles. The average Bonchev–Trinajstić information content (AvgIpc) is 2.97. The van der Waals surface area contributed by atoms with Gasteiger partial charge in [-0.1, -0.05) is 92.6 Å². The van der Waals surface area contributed by atoms with Gasteiger partial charge in [0.25, 0.3) is 0 Å². The van der Waals surface area contributed by atoms with Crippen LogP contribution in [0.25, 0.3) is 22.8 Å². The molecule has 5 rings (SSSR count). The maximum atomic E-state index is 11.7. The van der Waals surface area contributed by atoms with Crippen LogP contribution in [0, 0.1) is 6.07 Å². The van der Waals surface area contributed by atoms with Crippen molar-refractivity contribution in [1.29, 1.82) is 0 Å². The molecule has 3 aromatic carbocycles. The van der Waals surface area contributed by atoms with Gasteiger partial charge in [0.05, 0.1) is 11.4 Å². The fourth-order valence-corrected chi connectivity index (χ4v) is 4.94. The molecule has 236 valence electrons. The molecule has 6 nitrogen and oxygen atoms in total. The normalized spacial score (nSPS) is 12.0. The van der Waals surface area contributed by atoms with E-state index in [2.05, 4.69) is 84.3 Å². The molecule has 1 N–H and O–H groups in total. The molecule has 0 saturated carbocycles. The molecule has 0 radical (unpaired) electrons. The Kier molecular flexibility index (Phi) is 9.70. The zero-order valence-electron chi connectivity index (χ0n) is 27.6. The van der Waals surface area contributed by atoms with Gasteiger partial charge >= 0.3 is 0 Å². The van der Waals surface area contributed by atoms with E-state index in [1.807, 2.05) is 72.8 Å². The van der Waals surface area contributed by atoms with Crippen LogP contribution in [-0.2, 0) is 37.3 Å². The van der Waals surface area contributed by atoms with Gasteiger partial charge in [0.15, 0.2) is 5.82 Å². The topological polar surface area (TPSA) is 75.0 Å². The Morgan fingerprint density at radius 1 is 0.667 bits per heavy atom. The van der Waals surface area contributed by atoms with Crippen LogP contribution in [0.1, 0.15) is 79.3 Å². The van der Waals surface area contributed by atoms with Crippen LogP contribution in [0.2, 0.25) is 0 Å². The first-order valence-corrected chi connectivity index (χ1v) is 15.1. The van der Waals surface area contributed by atoms with Gasteiger partial charge in [0, 0.05) is 43.9 Å². The van der Waals surface area contributed by atoms with E-state index in [4.69, 9.17) is 15.0 Å². The average molecular weight is 780 g/mol. The van der Waals surface area contributed by atoms with E-state index in [1.165, 1.54) is 0 Å². The predicted molar refractivity (Wildman–Crippen MR) is 180 cm³/mol. The summed E-state index contributed by atoms with van der Waals surface area (Å²) < 4.78 is 0. The zero-order chi connectivity index (χ0) is 31.9. The molecule has 5 aromatic rings. The second-order valence-electron chi connectivity index (χ2n) is 14.3. The molecule has 0 saturated heterocycles. The summed E-state index contributed by atoms with van der Waals surface area (Å²) in [4.78, 5) is 21.6. The minimum Gasteiger partial charge on any atom is -0.507 e. The molecule has 0 aliphatic carbocycles. The van der Waals surface area contributed by atoms with Gasteiger partial charge in [-0.05, 0) is 52.4 Å². The van der Waals surface area contributed by atoms with Gasteiger partial charge in [-0.25, -0.2) is 9.97 Å². The molecule has 0 aliphatic heterocycles. The van der Waals surface area contributed by atoms with E-state index < -0.39 is 0 Å². The second kappa shape index (κ2) is 12.8. The van der Waals surface area contributed by atoms with E-state index in [-0.39, 0.29) is 43.1 Å². The van der Waals surface area contributed by atoms with E-state index in [0.29, 0.717) is 23.0 Å². The second-order valence-corrected chi connectivity index (χ2v) is 14.3. The Morgan fingerprint density at radius 3 is 1.93 bits per heavy atom. The number of hydrogen-bond acceptors (Lipinski definition) is 6. The molecule has 0 atom stereocenters. The summed E-state index contributed by atoms with van der Waals surface area (Å²) in [7, 11) is 0. The Hall–Kier alpha value is -3.89. The molecule has 0 bridgehead atoms. The molecule has 45 heavy (non-hydrogen) atoms. The number of phenols is 1. The third kappa shape index (κ3) is 7.50. The van der Waals surface area contributed by atoms with Gasteiger partial charge in [0.1, 0.15) is 17.4 Å². The number of aromatic nitrogens is 4. The van der Waals surface area contributed by atoms with Crippen molar-refractivity contribution in [3.63, 3.8) is 0 Å². The fourth-order valence-electron chi connectivity index (χ4n) is 4.94. The van der Waals surface area contributed by atoms with Crippen molar-refractivity contribution in [3.05, 3.63) is 108 Å². The van der Waals surface area contributed by atoms with Gasteiger partial charge in [-0.2, -0.15) is 0 Å². The third-order valence-corrected chi connectivity index (χ3v) is 7.49. The molecule has 7 heteroatoms. The first-order valence-electron chi connectivity index (χ1n) is 15.1. The number of nitrogens with zero attached hydrogens (tertiary/aromatic N) is 5. The summed E-state index contributed by atoms with van der Waals surface area (Å²) in [5.74, 6) is 2.55. The summed E-state index contributed by atoms with van der Waals surface area (Å²) in [5.41, 5.74) is 4.28. The van der Waals surface area contributed by atoms with E-state index in [9.17, 15) is 5.11 Å². The monoisotopic (exact) mass is 779 g/mol. The van der Waals surface area contributed by atoms with Crippen LogP contribution in [0.5, 0.6) is 5.75 Å². The number of aromatic hydroxyl groups is 1. The quantitative estimate of drug-likeness (QED) is 0.179. The molecule has 0 spiro atoms. The SMILES string of the molecule is CC(C)(C)c1cc(-c2nc(-c3[c-]c(N(c4ccccc4)c4ccccn4)ccc3)nc(C(C)(C)C)n2)c(O)c(C(C)(C)C)c1.[Pt]. The Labute approximate surface area is 282 Å². The number of para-hydroxylation sites is 1. The molecular weight excluding hydrogens is 738 g/mol. The molecule has 0 fully saturated rings. The van der Waals surface area contributed by atoms with Crippen molar-refractivity contribution in [1.82, 2.24) is 19.9 Å². The number of benzene rings is 3. The Balaban J connectivity index is 0.00000461. The number of hydrogen-bond donors (Lipinski definition) is 1. The van der Waals surface area contributed by atoms with Crippen LogP contribution in [0.4, 0.5) is 17.2 Å². The van der Waals surface area contributed by atoms with E-state index >= 15 is 0 Å². The standard InChI is InChI=1S/C38H42N5O.Pt/c1-36(2,3)26-23-29(32(44)30(24-26)37(4,5)6)34-40-33(41-35(42-34)38(7,8)9)25-16-15-19-28(22-25)43(27-17-11-10-12-18-27)31-20-13-14-21-39-31;/h10-21,23-24,44H,1-9H3;/q-1;. The summed E-state index contributed by atoms with van der Waals surface area (Å²) in [6, 6.07) is 29.6. The summed E-state index contributed by atoms with van der Waals surface area (Å²) in [6.07, 6.45) is 1.78. The van der Waals surface area contributed by atoms with Crippen molar-refractivity contribution in [2.75, 3.05) is 4.90 Å². The fraction of sp³-hybridized carbons (Fsp3) is 0.316. The van der Waals surface area contributed by atoms with E-state index in [0.717, 1.165) is 33.9 Å². The van der Waals surface area contributed by atoms with E-state index in [1.54, 1.807) is 6.20 Å². The predicted octanol–water partition coefficient (Wildman–Crippen LogP) is 9.47. The largest absolute Gasteiger partial charge is 0.507 e. The smallest absolute Gasteiger partial charge is 0.157 e. The molecule has 0 unspecified atom stereocenters. The first kappa shape index (κ1) is 34.0. The van der Waals surface area contributed by atoms with Crippen molar-refractivity contribution >= 4 is 17.2 Å². The van der Waals surface area contributed by atoms with Crippen molar-refractivity contribution in [2.24, 2.45) is 0 Å². The first-order chi connectivity index (χ1) is 20.6. The molecular formula is C38H42N5OPt-. The minimum atomic E-state index is -0.363. The van der Waals surface area contributed by atoms with Crippen molar-refractivity contribution < 1.29 is 26.2 Å². The summed E-state index contributed by atoms with van der Waals surface area (Å²) in [5, 5.41) is 11.7. The van der Waals surface area contributed by atoms with Gasteiger partial charge in [0.2, 0.25) is 0 Å². The number of pyridine rings is 1. The molecule has 2 aromatic heterocycles. The van der Waals surface area contributed by atoms with Crippen LogP contribution >= 0.6 is 0 Å². The summed E-state index contributed by atoms with van der Waals surface area (Å²) in [6.45, 7) is 19.1. The van der Waals surface area contributed by atoms with Crippen molar-refractivity contribution in [2.45, 2.75) is 78.6 Å². The Bertz CT molecular complexity index is 1730. The Morgan fingerprint density at radius 2 is 1.33 bits per heavy atom. The van der Waals surface area contributed by atoms with Crippen LogP contribution in [-0.4, -0.2) is 25.0 Å². The summed E-state index contributed by atoms with van der Waals surface area (Å²) >= 11 is 0. The number of phenolic OH excluding ortho intramolecular Hbond substituents is 1. The van der Waals surface area contributed by atoms with Crippen LogP contribution < -0.4 is 4.90 Å². The maximum absolute atomic E-state index is 11.7. The van der Waals surface area contributed by atoms with Crippen molar-refractivity contribution in [3.8, 4) is 28.5 Å². The zero-order valence-corrected chi connectivity index (χ0v) is 29.9. The van der Waals surface area contributed by atoms with Gasteiger partial charge in [-0.15, -0.1) is 29.8 Å². The maximum Gasteiger partial charge on any atom is 0.157 e. The third-order valence-electron chi connectivity index (χ3n) is 7.49. The van der Waals surface area contributed by atoms with Crippen LogP contribution in [0.15, 0.2) is 85.1 Å². The number of rotatable bonds is 5. The minimum absolute atomic E-state index is 0. The number of anilines is 3. The molecule has 0 amide bonds.